The molecule has 0 bridgehead atoms. The number of hydrogen-bond donors (Lipinski definition) is 0. The molecule has 36 heavy (non-hydrogen) atoms. The van der Waals surface area contributed by atoms with Gasteiger partial charge in [-0.05, 0) is 43.5 Å². The van der Waals surface area contributed by atoms with Gasteiger partial charge < -0.3 is 19.3 Å². The van der Waals surface area contributed by atoms with Gasteiger partial charge in [0, 0.05) is 68.0 Å². The van der Waals surface area contributed by atoms with E-state index in [0.717, 1.165) is 77.3 Å². The Labute approximate surface area is 212 Å². The number of anilines is 2. The molecule has 1 saturated heterocycles. The molecule has 0 radical (unpaired) electrons. The normalized spacial score (nSPS) is 16.3. The molecule has 1 atom stereocenters. The average Bonchev–Trinajstić information content (AvgIpc) is 3.34. The molecule has 2 aromatic heterocycles. The Hall–Kier alpha value is -3.65. The van der Waals surface area contributed by atoms with Crippen molar-refractivity contribution in [2.24, 2.45) is 13.0 Å². The second-order valence-electron chi connectivity index (χ2n) is 9.60. The summed E-state index contributed by atoms with van der Waals surface area (Å²) in [7, 11) is 5.27. The predicted molar refractivity (Wildman–Crippen MR) is 143 cm³/mol. The summed E-state index contributed by atoms with van der Waals surface area (Å²) in [6.45, 7) is 6.45. The van der Waals surface area contributed by atoms with E-state index in [1.54, 1.807) is 25.1 Å². The smallest absolute Gasteiger partial charge is 0.124 e. The number of aromatic nitrogens is 4. The number of fused-ring (bicyclic) bond motifs is 1. The van der Waals surface area contributed by atoms with E-state index < -0.39 is 0 Å². The lowest BCUT2D eigenvalue weighted by Crippen LogP contribution is -2.39. The largest absolute Gasteiger partial charge is 0.497 e. The minimum Gasteiger partial charge on any atom is -0.497 e. The third-order valence-electron chi connectivity index (χ3n) is 6.87. The van der Waals surface area contributed by atoms with Crippen LogP contribution in [-0.2, 0) is 7.05 Å². The van der Waals surface area contributed by atoms with Crippen LogP contribution in [-0.4, -0.2) is 65.0 Å². The number of likely N-dealkylation sites (tertiary alicyclic amines) is 1. The van der Waals surface area contributed by atoms with E-state index in [1.807, 2.05) is 31.6 Å². The second kappa shape index (κ2) is 10.5. The standard InChI is InChI=1S/C28H34N6O2/c1-20-6-5-9-33(18-20)10-11-34(23-12-24(35-3)15-25(13-23)36-4)22-7-8-26-27(14-22)31-28(17-29-26)21-16-30-32(2)19-21/h7-8,12-17,19-20H,5-6,9-11,18H2,1-4H3. The topological polar surface area (TPSA) is 68.5 Å². The fourth-order valence-electron chi connectivity index (χ4n) is 4.95. The van der Waals surface area contributed by atoms with Crippen molar-refractivity contribution < 1.29 is 9.47 Å². The Morgan fingerprint density at radius 1 is 1.00 bits per heavy atom. The number of aryl methyl sites for hydroxylation is 1. The maximum atomic E-state index is 5.58. The molecule has 2 aromatic carbocycles. The van der Waals surface area contributed by atoms with Crippen LogP contribution in [0.5, 0.6) is 11.5 Å². The fourth-order valence-corrected chi connectivity index (χ4v) is 4.95. The summed E-state index contributed by atoms with van der Waals surface area (Å²) in [5, 5.41) is 4.28. The summed E-state index contributed by atoms with van der Waals surface area (Å²) >= 11 is 0. The zero-order chi connectivity index (χ0) is 25.1. The van der Waals surface area contributed by atoms with Gasteiger partial charge in [-0.15, -0.1) is 0 Å². The molecule has 8 nitrogen and oxygen atoms in total. The molecule has 3 heterocycles. The molecule has 188 valence electrons. The quantitative estimate of drug-likeness (QED) is 0.350. The highest BCUT2D eigenvalue weighted by molar-refractivity contribution is 5.82. The number of ether oxygens (including phenoxy) is 2. The lowest BCUT2D eigenvalue weighted by Gasteiger charge is -2.34. The zero-order valence-corrected chi connectivity index (χ0v) is 21.5. The molecule has 1 aliphatic heterocycles. The monoisotopic (exact) mass is 486 g/mol. The Morgan fingerprint density at radius 3 is 2.50 bits per heavy atom. The molecule has 0 N–H and O–H groups in total. The minimum absolute atomic E-state index is 0.742. The Balaban J connectivity index is 1.52. The van der Waals surface area contributed by atoms with E-state index in [1.165, 1.54) is 12.8 Å². The van der Waals surface area contributed by atoms with Crippen molar-refractivity contribution in [2.45, 2.75) is 19.8 Å². The van der Waals surface area contributed by atoms with Gasteiger partial charge in [-0.25, -0.2) is 4.98 Å². The van der Waals surface area contributed by atoms with Gasteiger partial charge in [0.25, 0.3) is 0 Å². The van der Waals surface area contributed by atoms with Crippen LogP contribution in [0.4, 0.5) is 11.4 Å². The lowest BCUT2D eigenvalue weighted by molar-refractivity contribution is 0.188. The van der Waals surface area contributed by atoms with Crippen molar-refractivity contribution in [1.29, 1.82) is 0 Å². The van der Waals surface area contributed by atoms with Gasteiger partial charge >= 0.3 is 0 Å². The number of hydrogen-bond acceptors (Lipinski definition) is 7. The van der Waals surface area contributed by atoms with Gasteiger partial charge in [0.15, 0.2) is 0 Å². The predicted octanol–water partition coefficient (Wildman–Crippen LogP) is 4.92. The number of benzene rings is 2. The van der Waals surface area contributed by atoms with Crippen molar-refractivity contribution in [3.8, 4) is 22.8 Å². The minimum atomic E-state index is 0.742. The molecular weight excluding hydrogens is 452 g/mol. The molecular formula is C28H34N6O2. The van der Waals surface area contributed by atoms with Crippen LogP contribution in [0.15, 0.2) is 55.0 Å². The Bertz CT molecular complexity index is 1310. The van der Waals surface area contributed by atoms with E-state index >= 15 is 0 Å². The van der Waals surface area contributed by atoms with E-state index in [9.17, 15) is 0 Å². The first-order valence-electron chi connectivity index (χ1n) is 12.5. The summed E-state index contributed by atoms with van der Waals surface area (Å²) in [4.78, 5) is 14.5. The van der Waals surface area contributed by atoms with Crippen molar-refractivity contribution >= 4 is 22.4 Å². The van der Waals surface area contributed by atoms with E-state index in [2.05, 4.69) is 51.1 Å². The van der Waals surface area contributed by atoms with E-state index in [0.29, 0.717) is 0 Å². The van der Waals surface area contributed by atoms with Crippen LogP contribution in [0.2, 0.25) is 0 Å². The first-order valence-corrected chi connectivity index (χ1v) is 12.5. The number of piperidine rings is 1. The molecule has 5 rings (SSSR count). The lowest BCUT2D eigenvalue weighted by atomic mass is 10.0. The Morgan fingerprint density at radius 2 is 1.81 bits per heavy atom. The molecule has 0 aliphatic carbocycles. The number of methoxy groups -OCH3 is 2. The second-order valence-corrected chi connectivity index (χ2v) is 9.60. The SMILES string of the molecule is COc1cc(OC)cc(N(CCN2CCCC(C)C2)c2ccc3ncc(-c4cnn(C)c4)nc3c2)c1. The maximum absolute atomic E-state index is 5.58. The molecule has 0 saturated carbocycles. The molecule has 8 heteroatoms. The van der Waals surface area contributed by atoms with E-state index in [-0.39, 0.29) is 0 Å². The summed E-state index contributed by atoms with van der Waals surface area (Å²) < 4.78 is 12.9. The number of rotatable bonds is 8. The maximum Gasteiger partial charge on any atom is 0.124 e. The van der Waals surface area contributed by atoms with Gasteiger partial charge in [-0.3, -0.25) is 9.67 Å². The highest BCUT2D eigenvalue weighted by atomic mass is 16.5. The van der Waals surface area contributed by atoms with Crippen LogP contribution >= 0.6 is 0 Å². The molecule has 4 aromatic rings. The molecule has 1 aliphatic rings. The van der Waals surface area contributed by atoms with Gasteiger partial charge in [0.05, 0.1) is 43.3 Å². The van der Waals surface area contributed by atoms with Crippen LogP contribution in [0.1, 0.15) is 19.8 Å². The van der Waals surface area contributed by atoms with Crippen molar-refractivity contribution in [3.05, 3.63) is 55.0 Å². The van der Waals surface area contributed by atoms with Crippen LogP contribution in [0, 0.1) is 5.92 Å². The first kappa shape index (κ1) is 24.1. The van der Waals surface area contributed by atoms with Crippen molar-refractivity contribution in [2.75, 3.05) is 45.3 Å². The van der Waals surface area contributed by atoms with Crippen LogP contribution in [0.25, 0.3) is 22.3 Å². The van der Waals surface area contributed by atoms with Crippen LogP contribution in [0.3, 0.4) is 0 Å². The summed E-state index contributed by atoms with van der Waals surface area (Å²) in [6.07, 6.45) is 8.15. The van der Waals surface area contributed by atoms with Crippen molar-refractivity contribution in [3.63, 3.8) is 0 Å². The third kappa shape index (κ3) is 5.28. The number of nitrogens with zero attached hydrogens (tertiary/aromatic N) is 6. The first-order chi connectivity index (χ1) is 17.5. The third-order valence-corrected chi connectivity index (χ3v) is 6.87. The van der Waals surface area contributed by atoms with E-state index in [4.69, 9.17) is 14.5 Å². The molecule has 1 fully saturated rings. The molecule has 1 unspecified atom stereocenters. The molecule has 0 spiro atoms. The highest BCUT2D eigenvalue weighted by Gasteiger charge is 2.19. The fraction of sp³-hybridized carbons (Fsp3) is 0.393. The van der Waals surface area contributed by atoms with Gasteiger partial charge in [-0.2, -0.15) is 5.10 Å². The van der Waals surface area contributed by atoms with Gasteiger partial charge in [-0.1, -0.05) is 6.92 Å². The average molecular weight is 487 g/mol. The summed E-state index contributed by atoms with van der Waals surface area (Å²) in [6, 6.07) is 12.3. The summed E-state index contributed by atoms with van der Waals surface area (Å²) in [5.74, 6) is 2.27. The highest BCUT2D eigenvalue weighted by Crippen LogP contribution is 2.34. The summed E-state index contributed by atoms with van der Waals surface area (Å²) in [5.41, 5.74) is 5.54. The van der Waals surface area contributed by atoms with Gasteiger partial charge in [0.1, 0.15) is 11.5 Å². The van der Waals surface area contributed by atoms with Crippen LogP contribution < -0.4 is 14.4 Å². The molecule has 0 amide bonds. The van der Waals surface area contributed by atoms with Gasteiger partial charge in [0.2, 0.25) is 0 Å². The van der Waals surface area contributed by atoms with Crippen molar-refractivity contribution in [1.82, 2.24) is 24.6 Å². The zero-order valence-electron chi connectivity index (χ0n) is 21.5. The Kier molecular flexibility index (Phi) is 7.04.